The molecule has 5 heteroatoms. The maximum absolute atomic E-state index is 6.45. The summed E-state index contributed by atoms with van der Waals surface area (Å²) in [6, 6.07) is 11.8. The minimum absolute atomic E-state index is 0.377. The van der Waals surface area contributed by atoms with Crippen LogP contribution in [0, 0.1) is 0 Å². The molecule has 0 saturated carbocycles. The van der Waals surface area contributed by atoms with E-state index in [2.05, 4.69) is 6.07 Å². The van der Waals surface area contributed by atoms with Crippen LogP contribution in [0.25, 0.3) is 21.9 Å². The van der Waals surface area contributed by atoms with Gasteiger partial charge in [-0.1, -0.05) is 35.9 Å². The van der Waals surface area contributed by atoms with E-state index in [1.54, 1.807) is 0 Å². The molecule has 118 valence electrons. The van der Waals surface area contributed by atoms with Gasteiger partial charge in [0.05, 0.1) is 16.2 Å². The Hall–Kier alpha value is -1.49. The van der Waals surface area contributed by atoms with Crippen molar-refractivity contribution in [2.45, 2.75) is 38.9 Å². The Morgan fingerprint density at radius 1 is 0.913 bits per heavy atom. The summed E-state index contributed by atoms with van der Waals surface area (Å²) in [7, 11) is -0.435. The first-order valence-electron chi connectivity index (χ1n) is 7.75. The SMILES string of the molecule is CC1(C)OB(c2cc(Cl)c3oc4ccccc4c3c2)OC1(C)C. The normalized spacial score (nSPS) is 19.8. The molecule has 1 fully saturated rings. The van der Waals surface area contributed by atoms with Gasteiger partial charge in [0.1, 0.15) is 5.58 Å². The summed E-state index contributed by atoms with van der Waals surface area (Å²) in [5.74, 6) is 0. The summed E-state index contributed by atoms with van der Waals surface area (Å²) < 4.78 is 18.1. The maximum Gasteiger partial charge on any atom is 0.494 e. The molecule has 1 aliphatic heterocycles. The summed E-state index contributed by atoms with van der Waals surface area (Å²) in [5, 5.41) is 2.60. The van der Waals surface area contributed by atoms with E-state index in [-0.39, 0.29) is 11.2 Å². The van der Waals surface area contributed by atoms with Crippen LogP contribution in [0.5, 0.6) is 0 Å². The van der Waals surface area contributed by atoms with E-state index in [0.717, 1.165) is 21.8 Å². The van der Waals surface area contributed by atoms with E-state index in [1.807, 2.05) is 58.0 Å². The number of rotatable bonds is 1. The molecule has 0 unspecified atom stereocenters. The van der Waals surface area contributed by atoms with E-state index in [9.17, 15) is 0 Å². The highest BCUT2D eigenvalue weighted by Crippen LogP contribution is 2.38. The Morgan fingerprint density at radius 2 is 1.57 bits per heavy atom. The number of hydrogen-bond donors (Lipinski definition) is 0. The number of hydrogen-bond acceptors (Lipinski definition) is 3. The third-order valence-corrected chi connectivity index (χ3v) is 5.26. The largest absolute Gasteiger partial charge is 0.494 e. The van der Waals surface area contributed by atoms with Crippen molar-refractivity contribution in [1.82, 2.24) is 0 Å². The molecule has 3 nitrogen and oxygen atoms in total. The van der Waals surface area contributed by atoms with Crippen LogP contribution >= 0.6 is 11.6 Å². The third-order valence-electron chi connectivity index (χ3n) is 4.98. The van der Waals surface area contributed by atoms with Crippen LogP contribution < -0.4 is 5.46 Å². The molecule has 0 bridgehead atoms. The number of para-hydroxylation sites is 1. The fourth-order valence-corrected chi connectivity index (χ4v) is 3.19. The predicted molar refractivity (Wildman–Crippen MR) is 94.4 cm³/mol. The van der Waals surface area contributed by atoms with Gasteiger partial charge < -0.3 is 13.7 Å². The van der Waals surface area contributed by atoms with Crippen molar-refractivity contribution < 1.29 is 13.7 Å². The summed E-state index contributed by atoms with van der Waals surface area (Å²) in [5.41, 5.74) is 1.69. The lowest BCUT2D eigenvalue weighted by Crippen LogP contribution is -2.41. The van der Waals surface area contributed by atoms with E-state index in [1.165, 1.54) is 0 Å². The highest BCUT2D eigenvalue weighted by atomic mass is 35.5. The third kappa shape index (κ3) is 2.20. The zero-order valence-corrected chi connectivity index (χ0v) is 14.4. The molecule has 1 saturated heterocycles. The smallest absolute Gasteiger partial charge is 0.454 e. The zero-order chi connectivity index (χ0) is 16.4. The number of furan rings is 1. The van der Waals surface area contributed by atoms with Crippen molar-refractivity contribution in [3.63, 3.8) is 0 Å². The second-order valence-corrected chi connectivity index (χ2v) is 7.47. The number of fused-ring (bicyclic) bond motifs is 3. The van der Waals surface area contributed by atoms with Crippen LogP contribution in [-0.2, 0) is 9.31 Å². The molecule has 0 atom stereocenters. The molecule has 4 rings (SSSR count). The number of halogens is 1. The molecule has 3 aromatic rings. The molecule has 0 aliphatic carbocycles. The first kappa shape index (κ1) is 15.1. The molecule has 0 spiro atoms. The molecular formula is C18H18BClO3. The molecule has 0 N–H and O–H groups in total. The Balaban J connectivity index is 1.88. The van der Waals surface area contributed by atoms with Crippen LogP contribution in [0.2, 0.25) is 5.02 Å². The molecule has 1 aliphatic rings. The highest BCUT2D eigenvalue weighted by molar-refractivity contribution is 6.63. The molecule has 0 amide bonds. The average Bonchev–Trinajstić information content (AvgIpc) is 2.95. The molecular weight excluding hydrogens is 310 g/mol. The first-order valence-corrected chi connectivity index (χ1v) is 8.13. The van der Waals surface area contributed by atoms with Gasteiger partial charge in [-0.05, 0) is 45.3 Å². The van der Waals surface area contributed by atoms with Gasteiger partial charge in [0.25, 0.3) is 0 Å². The van der Waals surface area contributed by atoms with Gasteiger partial charge in [0, 0.05) is 10.8 Å². The summed E-state index contributed by atoms with van der Waals surface area (Å²) in [6.07, 6.45) is 0. The van der Waals surface area contributed by atoms with Crippen molar-refractivity contribution in [2.75, 3.05) is 0 Å². The van der Waals surface area contributed by atoms with Gasteiger partial charge in [0.15, 0.2) is 5.58 Å². The molecule has 2 heterocycles. The Labute approximate surface area is 140 Å². The predicted octanol–water partition coefficient (Wildman–Crippen LogP) is 4.54. The molecule has 23 heavy (non-hydrogen) atoms. The summed E-state index contributed by atoms with van der Waals surface area (Å²) in [6.45, 7) is 8.17. The first-order chi connectivity index (χ1) is 10.8. The zero-order valence-electron chi connectivity index (χ0n) is 13.6. The maximum atomic E-state index is 6.45. The van der Waals surface area contributed by atoms with E-state index >= 15 is 0 Å². The van der Waals surface area contributed by atoms with Crippen molar-refractivity contribution in [1.29, 1.82) is 0 Å². The lowest BCUT2D eigenvalue weighted by atomic mass is 9.78. The second-order valence-electron chi connectivity index (χ2n) is 7.07. The topological polar surface area (TPSA) is 31.6 Å². The van der Waals surface area contributed by atoms with E-state index in [4.69, 9.17) is 25.3 Å². The lowest BCUT2D eigenvalue weighted by Gasteiger charge is -2.32. The number of benzene rings is 2. The van der Waals surface area contributed by atoms with Gasteiger partial charge in [-0.2, -0.15) is 0 Å². The van der Waals surface area contributed by atoms with Crippen LogP contribution in [0.1, 0.15) is 27.7 Å². The van der Waals surface area contributed by atoms with Crippen molar-refractivity contribution in [2.24, 2.45) is 0 Å². The second kappa shape index (κ2) is 4.76. The highest BCUT2D eigenvalue weighted by Gasteiger charge is 2.51. The van der Waals surface area contributed by atoms with Gasteiger partial charge in [-0.25, -0.2) is 0 Å². The van der Waals surface area contributed by atoms with Gasteiger partial charge in [-0.15, -0.1) is 0 Å². The van der Waals surface area contributed by atoms with E-state index < -0.39 is 7.12 Å². The van der Waals surface area contributed by atoms with Crippen LogP contribution in [0.4, 0.5) is 0 Å². The lowest BCUT2D eigenvalue weighted by molar-refractivity contribution is 0.00578. The monoisotopic (exact) mass is 328 g/mol. The van der Waals surface area contributed by atoms with E-state index in [0.29, 0.717) is 10.6 Å². The fourth-order valence-electron chi connectivity index (χ4n) is 2.92. The van der Waals surface area contributed by atoms with Crippen molar-refractivity contribution in [3.8, 4) is 0 Å². The van der Waals surface area contributed by atoms with Gasteiger partial charge in [0.2, 0.25) is 0 Å². The minimum Gasteiger partial charge on any atom is -0.454 e. The average molecular weight is 329 g/mol. The Bertz CT molecular complexity index is 897. The van der Waals surface area contributed by atoms with Gasteiger partial charge in [-0.3, -0.25) is 0 Å². The standard InChI is InChI=1S/C18H18BClO3/c1-17(2)18(3,4)23-19(22-17)11-9-13-12-7-5-6-8-15(12)21-16(13)14(20)10-11/h5-10H,1-4H3. The Kier molecular flexibility index (Phi) is 3.12. The summed E-state index contributed by atoms with van der Waals surface area (Å²) in [4.78, 5) is 0. The van der Waals surface area contributed by atoms with Crippen LogP contribution in [0.3, 0.4) is 0 Å². The van der Waals surface area contributed by atoms with Crippen molar-refractivity contribution in [3.05, 3.63) is 41.4 Å². The Morgan fingerprint density at radius 3 is 2.26 bits per heavy atom. The fraction of sp³-hybridized carbons (Fsp3) is 0.333. The van der Waals surface area contributed by atoms with Crippen LogP contribution in [0.15, 0.2) is 40.8 Å². The minimum atomic E-state index is -0.435. The molecule has 0 radical (unpaired) electrons. The van der Waals surface area contributed by atoms with Crippen molar-refractivity contribution >= 4 is 46.1 Å². The van der Waals surface area contributed by atoms with Gasteiger partial charge >= 0.3 is 7.12 Å². The quantitative estimate of drug-likeness (QED) is 0.615. The summed E-state index contributed by atoms with van der Waals surface area (Å²) >= 11 is 6.45. The molecule has 2 aromatic carbocycles. The van der Waals surface area contributed by atoms with Crippen LogP contribution in [-0.4, -0.2) is 18.3 Å². The molecule has 1 aromatic heterocycles.